The summed E-state index contributed by atoms with van der Waals surface area (Å²) in [5, 5.41) is 18.7. The molecule has 108 valence electrons. The number of ether oxygens (including phenoxy) is 1. The molecule has 1 aliphatic heterocycles. The van der Waals surface area contributed by atoms with E-state index in [1.165, 1.54) is 12.0 Å². The molecule has 1 aromatic rings. The van der Waals surface area contributed by atoms with E-state index in [1.54, 1.807) is 18.2 Å². The predicted octanol–water partition coefficient (Wildman–Crippen LogP) is 1.12. The number of carboxylic acid groups (broad SMARTS) is 1. The van der Waals surface area contributed by atoms with Crippen molar-refractivity contribution in [2.24, 2.45) is 0 Å². The Morgan fingerprint density at radius 3 is 2.70 bits per heavy atom. The molecule has 1 amide bonds. The molecule has 0 aromatic heterocycles. The molecule has 1 saturated heterocycles. The summed E-state index contributed by atoms with van der Waals surface area (Å²) < 4.78 is 5.68. The number of hydrogen-bond acceptors (Lipinski definition) is 4. The van der Waals surface area contributed by atoms with Gasteiger partial charge in [0.2, 0.25) is 0 Å². The van der Waals surface area contributed by atoms with Gasteiger partial charge in [-0.05, 0) is 34.1 Å². The minimum atomic E-state index is -1.11. The largest absolute Gasteiger partial charge is 0.496 e. The summed E-state index contributed by atoms with van der Waals surface area (Å²) in [5.74, 6) is -0.947. The molecule has 7 heteroatoms. The second kappa shape index (κ2) is 5.80. The first-order valence-electron chi connectivity index (χ1n) is 5.99. The van der Waals surface area contributed by atoms with Crippen LogP contribution in [0.5, 0.6) is 5.75 Å². The Kier molecular flexibility index (Phi) is 4.29. The molecule has 0 spiro atoms. The van der Waals surface area contributed by atoms with Gasteiger partial charge >= 0.3 is 5.97 Å². The molecule has 0 unspecified atom stereocenters. The molecule has 0 aliphatic carbocycles. The summed E-state index contributed by atoms with van der Waals surface area (Å²) in [6.07, 6.45) is -0.750. The molecule has 6 nitrogen and oxygen atoms in total. The van der Waals surface area contributed by atoms with E-state index in [4.69, 9.17) is 9.84 Å². The lowest BCUT2D eigenvalue weighted by Gasteiger charge is -2.21. The van der Waals surface area contributed by atoms with Gasteiger partial charge in [0.15, 0.2) is 0 Å². The average molecular weight is 344 g/mol. The van der Waals surface area contributed by atoms with Gasteiger partial charge in [0, 0.05) is 18.5 Å². The third-order valence-corrected chi connectivity index (χ3v) is 3.84. The predicted molar refractivity (Wildman–Crippen MR) is 73.8 cm³/mol. The quantitative estimate of drug-likeness (QED) is 0.858. The van der Waals surface area contributed by atoms with Crippen LogP contribution in [0.15, 0.2) is 22.7 Å². The van der Waals surface area contributed by atoms with Crippen molar-refractivity contribution in [1.82, 2.24) is 4.90 Å². The molecule has 2 N–H and O–H groups in total. The highest BCUT2D eigenvalue weighted by Crippen LogP contribution is 2.27. The van der Waals surface area contributed by atoms with Crippen LogP contribution in [-0.2, 0) is 4.79 Å². The maximum absolute atomic E-state index is 12.3. The lowest BCUT2D eigenvalue weighted by Crippen LogP contribution is -2.40. The van der Waals surface area contributed by atoms with Crippen LogP contribution in [0.3, 0.4) is 0 Å². The monoisotopic (exact) mass is 343 g/mol. The van der Waals surface area contributed by atoms with Crippen LogP contribution in [0, 0.1) is 0 Å². The van der Waals surface area contributed by atoms with Crippen molar-refractivity contribution in [1.29, 1.82) is 0 Å². The molecule has 2 atom stereocenters. The van der Waals surface area contributed by atoms with Gasteiger partial charge < -0.3 is 19.8 Å². The number of methoxy groups -OCH3 is 1. The summed E-state index contributed by atoms with van der Waals surface area (Å²) in [5.41, 5.74) is 0.345. The molecule has 20 heavy (non-hydrogen) atoms. The number of nitrogens with zero attached hydrogens (tertiary/aromatic N) is 1. The summed E-state index contributed by atoms with van der Waals surface area (Å²) in [6.45, 7) is 0.0272. The third-order valence-electron chi connectivity index (χ3n) is 3.22. The van der Waals surface area contributed by atoms with Crippen molar-refractivity contribution >= 4 is 27.8 Å². The number of halogens is 1. The zero-order chi connectivity index (χ0) is 14.9. The highest BCUT2D eigenvalue weighted by atomic mass is 79.9. The summed E-state index contributed by atoms with van der Waals surface area (Å²) in [4.78, 5) is 24.7. The fourth-order valence-corrected chi connectivity index (χ4v) is 2.78. The molecule has 0 radical (unpaired) electrons. The number of carboxylic acids is 1. The number of likely N-dealkylation sites (tertiary alicyclic amines) is 1. The highest BCUT2D eigenvalue weighted by molar-refractivity contribution is 9.10. The van der Waals surface area contributed by atoms with Gasteiger partial charge in [-0.25, -0.2) is 4.79 Å². The standard InChI is InChI=1S/C13H14BrNO5/c1-20-11-3-2-7(4-9(11)14)12(17)15-6-8(16)5-10(15)13(18)19/h2-4,8,10,16H,5-6H2,1H3,(H,18,19)/t8-,10-/m1/s1. The van der Waals surface area contributed by atoms with E-state index in [-0.39, 0.29) is 13.0 Å². The lowest BCUT2D eigenvalue weighted by atomic mass is 10.1. The topological polar surface area (TPSA) is 87.1 Å². The van der Waals surface area contributed by atoms with E-state index in [1.807, 2.05) is 0 Å². The minimum absolute atomic E-state index is 0.0272. The Labute approximate surface area is 124 Å². The number of carbonyl (C=O) groups is 2. The van der Waals surface area contributed by atoms with Crippen molar-refractivity contribution in [3.05, 3.63) is 28.2 Å². The van der Waals surface area contributed by atoms with Gasteiger partial charge in [-0.1, -0.05) is 0 Å². The fraction of sp³-hybridized carbons (Fsp3) is 0.385. The number of benzene rings is 1. The van der Waals surface area contributed by atoms with Crippen molar-refractivity contribution in [3.8, 4) is 5.75 Å². The third kappa shape index (κ3) is 2.78. The zero-order valence-corrected chi connectivity index (χ0v) is 12.3. The number of amides is 1. The number of carbonyl (C=O) groups excluding carboxylic acids is 1. The van der Waals surface area contributed by atoms with Gasteiger partial charge in [0.1, 0.15) is 11.8 Å². The average Bonchev–Trinajstić information content (AvgIpc) is 2.80. The maximum atomic E-state index is 12.3. The van der Waals surface area contributed by atoms with Crippen molar-refractivity contribution in [2.45, 2.75) is 18.6 Å². The smallest absolute Gasteiger partial charge is 0.326 e. The number of rotatable bonds is 3. The first-order chi connectivity index (χ1) is 9.43. The van der Waals surface area contributed by atoms with Crippen molar-refractivity contribution < 1.29 is 24.5 Å². The Morgan fingerprint density at radius 1 is 1.45 bits per heavy atom. The van der Waals surface area contributed by atoms with E-state index in [0.717, 1.165) is 0 Å². The molecule has 0 saturated carbocycles. The summed E-state index contributed by atoms with van der Waals surface area (Å²) in [6, 6.07) is 3.78. The number of β-amino-alcohol motifs (C(OH)–C–C–N with tert-alkyl or cyclic N) is 1. The van der Waals surface area contributed by atoms with Crippen LogP contribution >= 0.6 is 15.9 Å². The van der Waals surface area contributed by atoms with E-state index in [2.05, 4.69) is 15.9 Å². The fourth-order valence-electron chi connectivity index (χ4n) is 2.24. The Balaban J connectivity index is 2.26. The van der Waals surface area contributed by atoms with Gasteiger partial charge in [-0.2, -0.15) is 0 Å². The minimum Gasteiger partial charge on any atom is -0.496 e. The molecule has 1 fully saturated rings. The molecule has 1 heterocycles. The number of aliphatic hydroxyl groups excluding tert-OH is 1. The highest BCUT2D eigenvalue weighted by Gasteiger charge is 2.39. The number of aliphatic hydroxyl groups is 1. The lowest BCUT2D eigenvalue weighted by molar-refractivity contribution is -0.141. The van der Waals surface area contributed by atoms with E-state index < -0.39 is 24.0 Å². The Morgan fingerprint density at radius 2 is 2.15 bits per heavy atom. The van der Waals surface area contributed by atoms with Crippen molar-refractivity contribution in [3.63, 3.8) is 0 Å². The van der Waals surface area contributed by atoms with E-state index >= 15 is 0 Å². The van der Waals surface area contributed by atoms with Gasteiger partial charge in [0.05, 0.1) is 17.7 Å². The van der Waals surface area contributed by atoms with Crippen LogP contribution in [0.4, 0.5) is 0 Å². The summed E-state index contributed by atoms with van der Waals surface area (Å²) >= 11 is 3.28. The number of hydrogen-bond donors (Lipinski definition) is 2. The van der Waals surface area contributed by atoms with Gasteiger partial charge in [-0.15, -0.1) is 0 Å². The normalized spacial score (nSPS) is 21.9. The second-order valence-corrected chi connectivity index (χ2v) is 5.40. The first kappa shape index (κ1) is 14.8. The molecule has 0 bridgehead atoms. The Bertz CT molecular complexity index is 548. The van der Waals surface area contributed by atoms with Crippen LogP contribution in [-0.4, -0.2) is 52.8 Å². The molecule has 1 aliphatic rings. The SMILES string of the molecule is COc1ccc(C(=O)N2C[C@H](O)C[C@@H]2C(=O)O)cc1Br. The summed E-state index contributed by atoms with van der Waals surface area (Å²) in [7, 11) is 1.51. The number of aliphatic carboxylic acids is 1. The maximum Gasteiger partial charge on any atom is 0.326 e. The molecular formula is C13H14BrNO5. The molecule has 2 rings (SSSR count). The van der Waals surface area contributed by atoms with Crippen LogP contribution in [0.1, 0.15) is 16.8 Å². The zero-order valence-electron chi connectivity index (χ0n) is 10.7. The van der Waals surface area contributed by atoms with Crippen LogP contribution in [0.25, 0.3) is 0 Å². The van der Waals surface area contributed by atoms with Gasteiger partial charge in [-0.3, -0.25) is 4.79 Å². The Hall–Kier alpha value is -1.60. The van der Waals surface area contributed by atoms with E-state index in [0.29, 0.717) is 15.8 Å². The van der Waals surface area contributed by atoms with Crippen molar-refractivity contribution in [2.75, 3.05) is 13.7 Å². The van der Waals surface area contributed by atoms with E-state index in [9.17, 15) is 14.7 Å². The molecular weight excluding hydrogens is 330 g/mol. The first-order valence-corrected chi connectivity index (χ1v) is 6.78. The van der Waals surface area contributed by atoms with Gasteiger partial charge in [0.25, 0.3) is 5.91 Å². The molecule has 1 aromatic carbocycles. The second-order valence-electron chi connectivity index (χ2n) is 4.55. The van der Waals surface area contributed by atoms with Crippen LogP contribution < -0.4 is 4.74 Å². The van der Waals surface area contributed by atoms with Crippen LogP contribution in [0.2, 0.25) is 0 Å².